The monoisotopic (exact) mass is 351 g/mol. The Morgan fingerprint density at radius 1 is 0.741 bits per heavy atom. The predicted octanol–water partition coefficient (Wildman–Crippen LogP) is 7.35. The first-order valence-corrected chi connectivity index (χ1v) is 10.2. The Bertz CT molecular complexity index is 1100. The molecular weight excluding hydrogens is 326 g/mol. The molecule has 0 saturated heterocycles. The van der Waals surface area contributed by atoms with Crippen molar-refractivity contribution in [1.82, 2.24) is 4.98 Å². The van der Waals surface area contributed by atoms with Crippen LogP contribution in [0.1, 0.15) is 44.1 Å². The van der Waals surface area contributed by atoms with Gasteiger partial charge in [-0.25, -0.2) is 0 Å². The van der Waals surface area contributed by atoms with Crippen molar-refractivity contribution in [1.29, 1.82) is 0 Å². The Labute approximate surface area is 161 Å². The lowest BCUT2D eigenvalue weighted by atomic mass is 9.79. The van der Waals surface area contributed by atoms with Gasteiger partial charge in [-0.05, 0) is 58.5 Å². The number of pyridine rings is 1. The fourth-order valence-corrected chi connectivity index (χ4v) is 4.68. The molecule has 0 spiro atoms. The zero-order valence-corrected chi connectivity index (χ0v) is 15.9. The van der Waals surface area contributed by atoms with E-state index >= 15 is 0 Å². The molecule has 0 unspecified atom stereocenters. The fourth-order valence-electron chi connectivity index (χ4n) is 4.68. The summed E-state index contributed by atoms with van der Waals surface area (Å²) >= 11 is 0. The average Bonchev–Trinajstić information content (AvgIpc) is 2.73. The minimum atomic E-state index is 0.700. The van der Waals surface area contributed by atoms with E-state index in [-0.39, 0.29) is 0 Å². The third kappa shape index (κ3) is 3.02. The number of benzene rings is 3. The third-order valence-electron chi connectivity index (χ3n) is 6.32. The van der Waals surface area contributed by atoms with Gasteiger partial charge in [-0.3, -0.25) is 4.98 Å². The standard InChI is InChI=1S/C26H25N/c1-18-9-11-19(12-10-18)22-14-13-21-15-16-27-26(25(21)17-22)24-8-4-6-20-5-2-3-7-23(20)24/h2-8,13-19H,9-12H2,1H3. The summed E-state index contributed by atoms with van der Waals surface area (Å²) in [5.74, 6) is 1.58. The number of nitrogens with zero attached hydrogens (tertiary/aromatic N) is 1. The smallest absolute Gasteiger partial charge is 0.0786 e. The third-order valence-corrected chi connectivity index (χ3v) is 6.32. The molecule has 4 aromatic rings. The molecule has 1 aromatic heterocycles. The highest BCUT2D eigenvalue weighted by molar-refractivity contribution is 6.03. The van der Waals surface area contributed by atoms with E-state index in [4.69, 9.17) is 4.98 Å². The second-order valence-electron chi connectivity index (χ2n) is 8.12. The second kappa shape index (κ2) is 6.81. The van der Waals surface area contributed by atoms with E-state index in [1.807, 2.05) is 6.20 Å². The van der Waals surface area contributed by atoms with Crippen molar-refractivity contribution in [3.8, 4) is 11.3 Å². The van der Waals surface area contributed by atoms with Crippen molar-refractivity contribution in [2.45, 2.75) is 38.5 Å². The lowest BCUT2D eigenvalue weighted by Gasteiger charge is -2.26. The van der Waals surface area contributed by atoms with Crippen LogP contribution in [0, 0.1) is 5.92 Å². The first-order valence-electron chi connectivity index (χ1n) is 10.2. The minimum Gasteiger partial charge on any atom is -0.256 e. The molecule has 1 saturated carbocycles. The van der Waals surface area contributed by atoms with Crippen LogP contribution in [0.25, 0.3) is 32.8 Å². The summed E-state index contributed by atoms with van der Waals surface area (Å²) < 4.78 is 0. The van der Waals surface area contributed by atoms with Gasteiger partial charge in [0.05, 0.1) is 5.69 Å². The number of rotatable bonds is 2. The zero-order chi connectivity index (χ0) is 18.2. The lowest BCUT2D eigenvalue weighted by Crippen LogP contribution is -2.10. The van der Waals surface area contributed by atoms with Crippen molar-refractivity contribution in [2.75, 3.05) is 0 Å². The molecule has 1 nitrogen and oxygen atoms in total. The summed E-state index contributed by atoms with van der Waals surface area (Å²) in [4.78, 5) is 4.83. The summed E-state index contributed by atoms with van der Waals surface area (Å²) in [5.41, 5.74) is 3.83. The Hall–Kier alpha value is -2.67. The van der Waals surface area contributed by atoms with Gasteiger partial charge in [0.1, 0.15) is 0 Å². The van der Waals surface area contributed by atoms with E-state index in [0.717, 1.165) is 11.6 Å². The van der Waals surface area contributed by atoms with Crippen LogP contribution >= 0.6 is 0 Å². The van der Waals surface area contributed by atoms with E-state index in [0.29, 0.717) is 5.92 Å². The Morgan fingerprint density at radius 3 is 2.41 bits per heavy atom. The van der Waals surface area contributed by atoms with Gasteiger partial charge < -0.3 is 0 Å². The van der Waals surface area contributed by atoms with Gasteiger partial charge in [-0.1, -0.05) is 74.4 Å². The molecule has 0 radical (unpaired) electrons. The summed E-state index contributed by atoms with van der Waals surface area (Å²) in [6.07, 6.45) is 7.28. The highest BCUT2D eigenvalue weighted by Crippen LogP contribution is 2.38. The van der Waals surface area contributed by atoms with E-state index in [2.05, 4.69) is 73.7 Å². The SMILES string of the molecule is CC1CCC(c2ccc3ccnc(-c4cccc5ccccc45)c3c2)CC1. The molecule has 1 heterocycles. The molecule has 0 N–H and O–H groups in total. The lowest BCUT2D eigenvalue weighted by molar-refractivity contribution is 0.348. The average molecular weight is 351 g/mol. The predicted molar refractivity (Wildman–Crippen MR) is 115 cm³/mol. The molecule has 1 aliphatic carbocycles. The van der Waals surface area contributed by atoms with Crippen molar-refractivity contribution in [3.05, 3.63) is 78.5 Å². The first-order chi connectivity index (χ1) is 13.3. The summed E-state index contributed by atoms with van der Waals surface area (Å²) in [6.45, 7) is 2.39. The minimum absolute atomic E-state index is 0.700. The molecule has 1 heteroatoms. The summed E-state index contributed by atoms with van der Waals surface area (Å²) in [6, 6.07) is 24.3. The van der Waals surface area contributed by atoms with Crippen molar-refractivity contribution in [3.63, 3.8) is 0 Å². The second-order valence-corrected chi connectivity index (χ2v) is 8.12. The molecule has 1 aliphatic rings. The van der Waals surface area contributed by atoms with Gasteiger partial charge >= 0.3 is 0 Å². The normalized spacial score (nSPS) is 20.2. The first kappa shape index (κ1) is 16.5. The van der Waals surface area contributed by atoms with Gasteiger partial charge in [0, 0.05) is 17.1 Å². The molecule has 1 fully saturated rings. The number of hydrogen-bond donors (Lipinski definition) is 0. The van der Waals surface area contributed by atoms with Gasteiger partial charge in [-0.2, -0.15) is 0 Å². The molecule has 27 heavy (non-hydrogen) atoms. The number of fused-ring (bicyclic) bond motifs is 2. The van der Waals surface area contributed by atoms with Gasteiger partial charge in [0.15, 0.2) is 0 Å². The molecule has 0 atom stereocenters. The van der Waals surface area contributed by atoms with Crippen molar-refractivity contribution >= 4 is 21.5 Å². The maximum absolute atomic E-state index is 4.83. The van der Waals surface area contributed by atoms with Crippen LogP contribution in [0.3, 0.4) is 0 Å². The van der Waals surface area contributed by atoms with Crippen LogP contribution in [0.5, 0.6) is 0 Å². The van der Waals surface area contributed by atoms with Crippen LogP contribution in [0.4, 0.5) is 0 Å². The van der Waals surface area contributed by atoms with E-state index in [1.54, 1.807) is 0 Å². The highest BCUT2D eigenvalue weighted by Gasteiger charge is 2.20. The fraction of sp³-hybridized carbons (Fsp3) is 0.269. The number of aromatic nitrogens is 1. The van der Waals surface area contributed by atoms with E-state index in [1.165, 1.54) is 58.4 Å². The topological polar surface area (TPSA) is 12.9 Å². The van der Waals surface area contributed by atoms with Gasteiger partial charge in [0.25, 0.3) is 0 Å². The van der Waals surface area contributed by atoms with Crippen LogP contribution < -0.4 is 0 Å². The van der Waals surface area contributed by atoms with Crippen LogP contribution in [0.2, 0.25) is 0 Å². The highest BCUT2D eigenvalue weighted by atomic mass is 14.7. The summed E-state index contributed by atoms with van der Waals surface area (Å²) in [7, 11) is 0. The molecule has 0 bridgehead atoms. The Kier molecular flexibility index (Phi) is 4.16. The Morgan fingerprint density at radius 2 is 1.52 bits per heavy atom. The molecular formula is C26H25N. The zero-order valence-electron chi connectivity index (χ0n) is 15.9. The van der Waals surface area contributed by atoms with E-state index in [9.17, 15) is 0 Å². The maximum atomic E-state index is 4.83. The molecule has 3 aromatic carbocycles. The van der Waals surface area contributed by atoms with Crippen molar-refractivity contribution in [2.24, 2.45) is 5.92 Å². The maximum Gasteiger partial charge on any atom is 0.0786 e. The molecule has 5 rings (SSSR count). The largest absolute Gasteiger partial charge is 0.256 e. The van der Waals surface area contributed by atoms with Crippen LogP contribution in [-0.2, 0) is 0 Å². The van der Waals surface area contributed by atoms with Gasteiger partial charge in [0.2, 0.25) is 0 Å². The summed E-state index contributed by atoms with van der Waals surface area (Å²) in [5, 5.41) is 5.11. The van der Waals surface area contributed by atoms with Crippen LogP contribution in [0.15, 0.2) is 72.9 Å². The van der Waals surface area contributed by atoms with Gasteiger partial charge in [-0.15, -0.1) is 0 Å². The van der Waals surface area contributed by atoms with Crippen LogP contribution in [-0.4, -0.2) is 4.98 Å². The molecule has 134 valence electrons. The van der Waals surface area contributed by atoms with Crippen molar-refractivity contribution < 1.29 is 0 Å². The quantitative estimate of drug-likeness (QED) is 0.368. The van der Waals surface area contributed by atoms with E-state index < -0.39 is 0 Å². The molecule has 0 amide bonds. The Balaban J connectivity index is 1.67. The number of hydrogen-bond acceptors (Lipinski definition) is 1. The molecule has 0 aliphatic heterocycles.